The van der Waals surface area contributed by atoms with Gasteiger partial charge in [0.1, 0.15) is 5.75 Å². The smallest absolute Gasteiger partial charge is 0.296 e. The quantitative estimate of drug-likeness (QED) is 0.256. The molecule has 0 bridgehead atoms. The van der Waals surface area contributed by atoms with Gasteiger partial charge in [-0.15, -0.1) is 0 Å². The number of anilines is 1. The summed E-state index contributed by atoms with van der Waals surface area (Å²) in [6.07, 6.45) is 1.37. The molecule has 0 atom stereocenters. The van der Waals surface area contributed by atoms with Crippen LogP contribution in [0.1, 0.15) is 47.8 Å². The number of rotatable bonds is 6. The molecule has 166 valence electrons. The minimum atomic E-state index is -0.821. The maximum Gasteiger partial charge on any atom is 0.296 e. The first-order valence-corrected chi connectivity index (χ1v) is 10.3. The van der Waals surface area contributed by atoms with Gasteiger partial charge < -0.3 is 20.6 Å². The molecule has 0 spiro atoms. The first kappa shape index (κ1) is 22.9. The molecular weight excluding hydrogens is 406 g/mol. The van der Waals surface area contributed by atoms with E-state index in [9.17, 15) is 24.9 Å². The maximum absolute atomic E-state index is 12.6. The molecule has 1 amide bonds. The van der Waals surface area contributed by atoms with E-state index in [1.807, 2.05) is 32.9 Å². The average molecular weight is 434 g/mol. The number of phenols is 3. The second-order valence-electron chi connectivity index (χ2n) is 8.75. The number of para-hydroxylation sites is 1. The van der Waals surface area contributed by atoms with E-state index in [1.54, 1.807) is 30.3 Å². The first-order valence-electron chi connectivity index (χ1n) is 10.3. The fraction of sp³-hybridized carbons (Fsp3) is 0.231. The molecule has 32 heavy (non-hydrogen) atoms. The van der Waals surface area contributed by atoms with Gasteiger partial charge in [0, 0.05) is 5.69 Å². The number of carbonyl (C=O) groups is 2. The van der Waals surface area contributed by atoms with Gasteiger partial charge in [-0.2, -0.15) is 0 Å². The van der Waals surface area contributed by atoms with Gasteiger partial charge >= 0.3 is 0 Å². The van der Waals surface area contributed by atoms with Crippen LogP contribution in [-0.4, -0.2) is 27.0 Å². The second-order valence-corrected chi connectivity index (χ2v) is 8.75. The lowest BCUT2D eigenvalue weighted by molar-refractivity contribution is -0.112. The normalized spacial score (nSPS) is 11.2. The van der Waals surface area contributed by atoms with Crippen LogP contribution in [0.3, 0.4) is 0 Å². The number of nitrogens with one attached hydrogen (secondary N) is 1. The Kier molecular flexibility index (Phi) is 6.53. The second kappa shape index (κ2) is 9.14. The highest BCUT2D eigenvalue weighted by Crippen LogP contribution is 2.33. The van der Waals surface area contributed by atoms with Crippen molar-refractivity contribution >= 4 is 17.4 Å². The molecule has 0 saturated carbocycles. The zero-order chi connectivity index (χ0) is 23.5. The topological polar surface area (TPSA) is 107 Å². The number of hydrogen-bond donors (Lipinski definition) is 4. The molecule has 0 aromatic heterocycles. The summed E-state index contributed by atoms with van der Waals surface area (Å²) >= 11 is 0. The van der Waals surface area contributed by atoms with Crippen LogP contribution in [0.4, 0.5) is 5.69 Å². The Morgan fingerprint density at radius 1 is 0.812 bits per heavy atom. The first-order chi connectivity index (χ1) is 15.1. The minimum absolute atomic E-state index is 0.0244. The molecule has 0 aliphatic carbocycles. The van der Waals surface area contributed by atoms with E-state index < -0.39 is 11.7 Å². The van der Waals surface area contributed by atoms with Crippen molar-refractivity contribution < 1.29 is 24.9 Å². The average Bonchev–Trinajstić information content (AvgIpc) is 2.74. The largest absolute Gasteiger partial charge is 0.507 e. The van der Waals surface area contributed by atoms with Gasteiger partial charge in [-0.1, -0.05) is 51.1 Å². The zero-order valence-corrected chi connectivity index (χ0v) is 18.3. The predicted molar refractivity (Wildman–Crippen MR) is 123 cm³/mol. The Morgan fingerprint density at radius 3 is 2.06 bits per heavy atom. The Balaban J connectivity index is 1.64. The summed E-state index contributed by atoms with van der Waals surface area (Å²) in [7, 11) is 0. The van der Waals surface area contributed by atoms with E-state index in [-0.39, 0.29) is 28.2 Å². The Labute approximate surface area is 187 Å². The molecule has 3 aromatic carbocycles. The maximum atomic E-state index is 12.6. The van der Waals surface area contributed by atoms with Gasteiger partial charge in [-0.3, -0.25) is 9.59 Å². The van der Waals surface area contributed by atoms with Crippen LogP contribution in [0.2, 0.25) is 0 Å². The number of carbonyl (C=O) groups excluding carboxylic acids is 2. The Hall–Kier alpha value is -3.80. The fourth-order valence-electron chi connectivity index (χ4n) is 3.41. The van der Waals surface area contributed by atoms with Gasteiger partial charge in [0.25, 0.3) is 11.7 Å². The number of amides is 1. The molecule has 6 heteroatoms. The van der Waals surface area contributed by atoms with E-state index in [0.29, 0.717) is 24.1 Å². The summed E-state index contributed by atoms with van der Waals surface area (Å²) in [6.45, 7) is 5.76. The highest BCUT2D eigenvalue weighted by atomic mass is 16.3. The number of benzene rings is 3. The van der Waals surface area contributed by atoms with Crippen molar-refractivity contribution in [1.29, 1.82) is 0 Å². The lowest BCUT2D eigenvalue weighted by Crippen LogP contribution is -2.23. The summed E-state index contributed by atoms with van der Waals surface area (Å²) in [6, 6.07) is 16.7. The van der Waals surface area contributed by atoms with E-state index in [1.165, 1.54) is 18.2 Å². The molecule has 0 unspecified atom stereocenters. The number of ketones is 1. The van der Waals surface area contributed by atoms with Crippen molar-refractivity contribution in [2.24, 2.45) is 0 Å². The molecule has 6 nitrogen and oxygen atoms in total. The molecular formula is C26H27NO5. The van der Waals surface area contributed by atoms with Crippen LogP contribution in [-0.2, 0) is 23.1 Å². The molecule has 0 aliphatic heterocycles. The molecule has 3 rings (SSSR count). The van der Waals surface area contributed by atoms with E-state index >= 15 is 0 Å². The van der Waals surface area contributed by atoms with Gasteiger partial charge in [0.05, 0.1) is 5.56 Å². The lowest BCUT2D eigenvalue weighted by Gasteiger charge is -2.21. The summed E-state index contributed by atoms with van der Waals surface area (Å²) < 4.78 is 0. The molecule has 0 saturated heterocycles. The zero-order valence-electron chi connectivity index (χ0n) is 18.3. The highest BCUT2D eigenvalue weighted by Gasteiger charge is 2.25. The number of hydrogen-bond acceptors (Lipinski definition) is 5. The SMILES string of the molecule is CC(C)(C)c1cccc(C(=O)C(=O)Nc2ccc(CCc3ccc(O)c(O)c3)cc2)c1O. The molecule has 0 heterocycles. The van der Waals surface area contributed by atoms with Crippen LogP contribution >= 0.6 is 0 Å². The number of Topliss-reactive ketones (excluding diaryl/α,β-unsaturated/α-hetero) is 1. The summed E-state index contributed by atoms with van der Waals surface area (Å²) in [5.74, 6) is -2.09. The van der Waals surface area contributed by atoms with Crippen molar-refractivity contribution in [2.75, 3.05) is 5.32 Å². The van der Waals surface area contributed by atoms with Gasteiger partial charge in [0.15, 0.2) is 11.5 Å². The minimum Gasteiger partial charge on any atom is -0.507 e. The molecule has 3 aromatic rings. The van der Waals surface area contributed by atoms with E-state index in [2.05, 4.69) is 5.32 Å². The van der Waals surface area contributed by atoms with Crippen molar-refractivity contribution in [3.8, 4) is 17.2 Å². The Bertz CT molecular complexity index is 1140. The third-order valence-corrected chi connectivity index (χ3v) is 5.25. The Morgan fingerprint density at radius 2 is 1.44 bits per heavy atom. The number of aryl methyl sites for hydroxylation is 2. The molecule has 0 fully saturated rings. The van der Waals surface area contributed by atoms with Crippen molar-refractivity contribution in [3.05, 3.63) is 82.9 Å². The van der Waals surface area contributed by atoms with Crippen LogP contribution < -0.4 is 5.32 Å². The van der Waals surface area contributed by atoms with Crippen molar-refractivity contribution in [1.82, 2.24) is 0 Å². The van der Waals surface area contributed by atoms with Crippen LogP contribution in [0.25, 0.3) is 0 Å². The molecule has 4 N–H and O–H groups in total. The molecule has 0 aliphatic rings. The lowest BCUT2D eigenvalue weighted by atomic mass is 9.84. The number of aromatic hydroxyl groups is 3. The van der Waals surface area contributed by atoms with Crippen molar-refractivity contribution in [2.45, 2.75) is 39.0 Å². The number of phenolic OH excluding ortho intramolecular Hbond substituents is 3. The third kappa shape index (κ3) is 5.27. The van der Waals surface area contributed by atoms with Crippen LogP contribution in [0, 0.1) is 0 Å². The summed E-state index contributed by atoms with van der Waals surface area (Å²) in [4.78, 5) is 25.1. The summed E-state index contributed by atoms with van der Waals surface area (Å²) in [5.41, 5.74) is 2.58. The third-order valence-electron chi connectivity index (χ3n) is 5.25. The monoisotopic (exact) mass is 433 g/mol. The summed E-state index contributed by atoms with van der Waals surface area (Å²) in [5, 5.41) is 32.0. The van der Waals surface area contributed by atoms with Crippen molar-refractivity contribution in [3.63, 3.8) is 0 Å². The fourth-order valence-corrected chi connectivity index (χ4v) is 3.41. The van der Waals surface area contributed by atoms with E-state index in [4.69, 9.17) is 0 Å². The van der Waals surface area contributed by atoms with Gasteiger partial charge in [-0.05, 0) is 65.3 Å². The van der Waals surface area contributed by atoms with E-state index in [0.717, 1.165) is 11.1 Å². The highest BCUT2D eigenvalue weighted by molar-refractivity contribution is 6.47. The predicted octanol–water partition coefficient (Wildman–Crippen LogP) is 4.71. The van der Waals surface area contributed by atoms with Gasteiger partial charge in [-0.25, -0.2) is 0 Å². The van der Waals surface area contributed by atoms with Crippen LogP contribution in [0.5, 0.6) is 17.2 Å². The molecule has 0 radical (unpaired) electrons. The van der Waals surface area contributed by atoms with Crippen LogP contribution in [0.15, 0.2) is 60.7 Å². The standard InChI is InChI=1S/C26H27NO5/c1-26(2,3)20-6-4-5-19(23(20)30)24(31)25(32)27-18-12-9-16(10-13-18)7-8-17-11-14-21(28)22(29)15-17/h4-6,9-15,28-30H,7-8H2,1-3H3,(H,27,32). The van der Waals surface area contributed by atoms with Gasteiger partial charge in [0.2, 0.25) is 0 Å².